The average Bonchev–Trinajstić information content (AvgIpc) is 2.90. The van der Waals surface area contributed by atoms with Crippen LogP contribution in [0.1, 0.15) is 51.9 Å². The molecule has 5 atom stereocenters. The molecule has 0 aromatic rings. The van der Waals surface area contributed by atoms with Crippen LogP contribution >= 0.6 is 0 Å². The largest absolute Gasteiger partial charge is 0.481 e. The van der Waals surface area contributed by atoms with E-state index in [9.17, 15) is 20.1 Å². The first-order valence-electron chi connectivity index (χ1n) is 9.85. The SMILES string of the molecule is CC[C@@H](O)/C=C/[C@H]1[C@@H](C/C=C\C/C=C\C/C=C\CCC(=O)O)[C@H](O)C[C@@H]1O. The lowest BCUT2D eigenvalue weighted by molar-refractivity contribution is -0.136. The van der Waals surface area contributed by atoms with E-state index in [2.05, 4.69) is 0 Å². The summed E-state index contributed by atoms with van der Waals surface area (Å²) in [4.78, 5) is 10.4. The monoisotopic (exact) mass is 378 g/mol. The lowest BCUT2D eigenvalue weighted by Crippen LogP contribution is -2.20. The van der Waals surface area contributed by atoms with Crippen molar-refractivity contribution in [3.63, 3.8) is 0 Å². The first-order valence-corrected chi connectivity index (χ1v) is 9.85. The summed E-state index contributed by atoms with van der Waals surface area (Å²) in [6.07, 6.45) is 18.0. The van der Waals surface area contributed by atoms with Gasteiger partial charge in [-0.05, 0) is 38.0 Å². The van der Waals surface area contributed by atoms with Crippen molar-refractivity contribution in [3.8, 4) is 0 Å². The van der Waals surface area contributed by atoms with Gasteiger partial charge in [0.2, 0.25) is 0 Å². The standard InChI is InChI=1S/C22H34O5/c1-2-17(23)14-15-19-18(20(24)16-21(19)25)12-10-8-6-4-3-5-7-9-11-13-22(26)27/h3-4,7-10,14-15,17-21,23-25H,2,5-6,11-13,16H2,1H3,(H,26,27)/b4-3-,9-7-,10-8-,15-14+/t17-,18-,19+,20-,21+/m1/s1. The van der Waals surface area contributed by atoms with Gasteiger partial charge in [-0.2, -0.15) is 0 Å². The van der Waals surface area contributed by atoms with Crippen LogP contribution in [-0.4, -0.2) is 44.7 Å². The van der Waals surface area contributed by atoms with Crippen molar-refractivity contribution in [1.82, 2.24) is 0 Å². The molecule has 0 saturated heterocycles. The van der Waals surface area contributed by atoms with Crippen LogP contribution in [0.3, 0.4) is 0 Å². The van der Waals surface area contributed by atoms with Gasteiger partial charge in [0.25, 0.3) is 0 Å². The maximum absolute atomic E-state index is 10.4. The first-order chi connectivity index (χ1) is 13.0. The zero-order valence-electron chi connectivity index (χ0n) is 16.2. The van der Waals surface area contributed by atoms with E-state index < -0.39 is 24.3 Å². The molecule has 1 saturated carbocycles. The number of carbonyl (C=O) groups is 1. The molecule has 5 heteroatoms. The molecule has 0 unspecified atom stereocenters. The van der Waals surface area contributed by atoms with Crippen LogP contribution in [0.15, 0.2) is 48.6 Å². The number of aliphatic carboxylic acids is 1. The van der Waals surface area contributed by atoms with Crippen LogP contribution in [0.4, 0.5) is 0 Å². The van der Waals surface area contributed by atoms with Crippen LogP contribution in [0.2, 0.25) is 0 Å². The smallest absolute Gasteiger partial charge is 0.303 e. The molecule has 27 heavy (non-hydrogen) atoms. The summed E-state index contributed by atoms with van der Waals surface area (Å²) in [5, 5.41) is 38.5. The summed E-state index contributed by atoms with van der Waals surface area (Å²) in [5.41, 5.74) is 0. The molecule has 152 valence electrons. The second-order valence-electron chi connectivity index (χ2n) is 7.03. The second-order valence-corrected chi connectivity index (χ2v) is 7.03. The van der Waals surface area contributed by atoms with Crippen LogP contribution in [-0.2, 0) is 4.79 Å². The molecule has 0 radical (unpaired) electrons. The van der Waals surface area contributed by atoms with Gasteiger partial charge in [-0.15, -0.1) is 0 Å². The minimum atomic E-state index is -0.778. The third-order valence-electron chi connectivity index (χ3n) is 4.87. The van der Waals surface area contributed by atoms with Gasteiger partial charge in [-0.3, -0.25) is 4.79 Å². The third-order valence-corrected chi connectivity index (χ3v) is 4.87. The second kappa shape index (κ2) is 13.5. The Morgan fingerprint density at radius 1 is 1.04 bits per heavy atom. The number of aliphatic hydroxyl groups is 3. The molecular weight excluding hydrogens is 344 g/mol. The van der Waals surface area contributed by atoms with Crippen LogP contribution in [0.5, 0.6) is 0 Å². The molecule has 1 aliphatic rings. The van der Waals surface area contributed by atoms with E-state index in [4.69, 9.17) is 5.11 Å². The summed E-state index contributed by atoms with van der Waals surface area (Å²) in [7, 11) is 0. The fourth-order valence-electron chi connectivity index (χ4n) is 3.22. The molecule has 0 aromatic heterocycles. The van der Waals surface area contributed by atoms with E-state index >= 15 is 0 Å². The topological polar surface area (TPSA) is 98.0 Å². The minimum absolute atomic E-state index is 0.0299. The number of carboxylic acids is 1. The zero-order valence-corrected chi connectivity index (χ0v) is 16.2. The van der Waals surface area contributed by atoms with Gasteiger partial charge < -0.3 is 20.4 Å². The Kier molecular flexibility index (Phi) is 11.7. The lowest BCUT2D eigenvalue weighted by atomic mass is 9.89. The highest BCUT2D eigenvalue weighted by molar-refractivity contribution is 5.66. The first kappa shape index (κ1) is 23.3. The van der Waals surface area contributed by atoms with Crippen LogP contribution < -0.4 is 0 Å². The van der Waals surface area contributed by atoms with Gasteiger partial charge in [-0.25, -0.2) is 0 Å². The van der Waals surface area contributed by atoms with Gasteiger partial charge >= 0.3 is 5.97 Å². The van der Waals surface area contributed by atoms with E-state index in [0.717, 1.165) is 12.8 Å². The Labute approximate surface area is 162 Å². The molecule has 0 aliphatic heterocycles. The minimum Gasteiger partial charge on any atom is -0.481 e. The van der Waals surface area contributed by atoms with Crippen molar-refractivity contribution >= 4 is 5.97 Å². The summed E-state index contributed by atoms with van der Waals surface area (Å²) < 4.78 is 0. The van der Waals surface area contributed by atoms with Crippen molar-refractivity contribution in [1.29, 1.82) is 0 Å². The van der Waals surface area contributed by atoms with E-state index in [1.165, 1.54) is 0 Å². The number of aliphatic hydroxyl groups excluding tert-OH is 3. The molecule has 0 bridgehead atoms. The maximum atomic E-state index is 10.4. The third kappa shape index (κ3) is 9.70. The molecule has 0 aromatic carbocycles. The lowest BCUT2D eigenvalue weighted by Gasteiger charge is -2.19. The maximum Gasteiger partial charge on any atom is 0.303 e. The average molecular weight is 379 g/mol. The van der Waals surface area contributed by atoms with Gasteiger partial charge in [0, 0.05) is 18.8 Å². The Morgan fingerprint density at radius 2 is 1.67 bits per heavy atom. The Balaban J connectivity index is 2.34. The molecule has 1 rings (SSSR count). The van der Waals surface area contributed by atoms with Crippen molar-refractivity contribution in [2.24, 2.45) is 11.8 Å². The predicted molar refractivity (Wildman–Crippen MR) is 107 cm³/mol. The molecule has 1 aliphatic carbocycles. The fraction of sp³-hybridized carbons (Fsp3) is 0.591. The van der Waals surface area contributed by atoms with Gasteiger partial charge in [-0.1, -0.05) is 55.5 Å². The number of hydrogen-bond donors (Lipinski definition) is 4. The highest BCUT2D eigenvalue weighted by atomic mass is 16.4. The van der Waals surface area contributed by atoms with Gasteiger partial charge in [0.15, 0.2) is 0 Å². The van der Waals surface area contributed by atoms with Gasteiger partial charge in [0.05, 0.1) is 18.3 Å². The summed E-state index contributed by atoms with van der Waals surface area (Å²) >= 11 is 0. The van der Waals surface area contributed by atoms with Gasteiger partial charge in [0.1, 0.15) is 0 Å². The molecule has 0 spiro atoms. The number of allylic oxidation sites excluding steroid dienone is 6. The molecular formula is C22H34O5. The van der Waals surface area contributed by atoms with Crippen LogP contribution in [0, 0.1) is 11.8 Å². The van der Waals surface area contributed by atoms with E-state index in [1.807, 2.05) is 49.5 Å². The Hall–Kier alpha value is -1.69. The molecule has 5 nitrogen and oxygen atoms in total. The number of carboxylic acid groups (broad SMARTS) is 1. The molecule has 1 fully saturated rings. The van der Waals surface area contributed by atoms with E-state index in [-0.39, 0.29) is 18.3 Å². The highest BCUT2D eigenvalue weighted by Gasteiger charge is 2.39. The van der Waals surface area contributed by atoms with Crippen molar-refractivity contribution in [2.75, 3.05) is 0 Å². The summed E-state index contributed by atoms with van der Waals surface area (Å²) in [6.45, 7) is 1.90. The fourth-order valence-corrected chi connectivity index (χ4v) is 3.22. The number of rotatable bonds is 12. The normalized spacial score (nSPS) is 27.6. The number of hydrogen-bond acceptors (Lipinski definition) is 4. The molecule has 0 amide bonds. The molecule has 0 heterocycles. The summed E-state index contributed by atoms with van der Waals surface area (Å²) in [5.74, 6) is -0.936. The van der Waals surface area contributed by atoms with Crippen molar-refractivity contribution in [2.45, 2.75) is 70.2 Å². The van der Waals surface area contributed by atoms with Crippen molar-refractivity contribution < 1.29 is 25.2 Å². The van der Waals surface area contributed by atoms with E-state index in [0.29, 0.717) is 25.7 Å². The zero-order chi connectivity index (χ0) is 20.1. The highest BCUT2D eigenvalue weighted by Crippen LogP contribution is 2.36. The molecule has 4 N–H and O–H groups in total. The summed E-state index contributed by atoms with van der Waals surface area (Å²) in [6, 6.07) is 0. The van der Waals surface area contributed by atoms with E-state index in [1.54, 1.807) is 6.08 Å². The Bertz CT molecular complexity index is 535. The van der Waals surface area contributed by atoms with Crippen molar-refractivity contribution in [3.05, 3.63) is 48.6 Å². The Morgan fingerprint density at radius 3 is 2.30 bits per heavy atom. The quantitative estimate of drug-likeness (QED) is 0.390. The predicted octanol–water partition coefficient (Wildman–Crippen LogP) is 3.38. The van der Waals surface area contributed by atoms with Crippen LogP contribution in [0.25, 0.3) is 0 Å².